The Morgan fingerprint density at radius 2 is 1.71 bits per heavy atom. The van der Waals surface area contributed by atoms with Crippen molar-refractivity contribution in [3.8, 4) is 5.75 Å². The van der Waals surface area contributed by atoms with Gasteiger partial charge in [-0.15, -0.1) is 0 Å². The van der Waals surface area contributed by atoms with E-state index in [2.05, 4.69) is 5.32 Å². The highest BCUT2D eigenvalue weighted by Gasteiger charge is 2.36. The van der Waals surface area contributed by atoms with Gasteiger partial charge in [0.1, 0.15) is 18.4 Å². The number of benzene rings is 3. The van der Waals surface area contributed by atoms with Crippen LogP contribution in [0.15, 0.2) is 66.7 Å². The van der Waals surface area contributed by atoms with Crippen molar-refractivity contribution in [1.29, 1.82) is 0 Å². The van der Waals surface area contributed by atoms with Crippen LogP contribution >= 0.6 is 11.8 Å². The predicted octanol–water partition coefficient (Wildman–Crippen LogP) is 2.52. The molecule has 2 atom stereocenters. The summed E-state index contributed by atoms with van der Waals surface area (Å²) in [5, 5.41) is 23.8. The molecule has 0 radical (unpaired) electrons. The number of carbonyl (C=O) groups is 3. The summed E-state index contributed by atoms with van der Waals surface area (Å²) in [5.41, 5.74) is 7.35. The number of aromatic hydroxyl groups is 1. The molecule has 0 aliphatic carbocycles. The minimum atomic E-state index is -1.15. The number of imide groups is 1. The van der Waals surface area contributed by atoms with Crippen LogP contribution in [0.4, 0.5) is 5.69 Å². The lowest BCUT2D eigenvalue weighted by atomic mass is 10.0. The van der Waals surface area contributed by atoms with E-state index in [9.17, 15) is 24.6 Å². The summed E-state index contributed by atoms with van der Waals surface area (Å²) in [5.74, 6) is -1.60. The molecule has 8 nitrogen and oxygen atoms in total. The molecule has 5 N–H and O–H groups in total. The molecule has 35 heavy (non-hydrogen) atoms. The number of rotatable bonds is 10. The Morgan fingerprint density at radius 3 is 2.37 bits per heavy atom. The van der Waals surface area contributed by atoms with E-state index in [1.807, 2.05) is 42.7 Å². The first-order valence-corrected chi connectivity index (χ1v) is 12.5. The van der Waals surface area contributed by atoms with Crippen molar-refractivity contribution in [2.45, 2.75) is 24.9 Å². The van der Waals surface area contributed by atoms with Gasteiger partial charge in [-0.3, -0.25) is 19.3 Å². The summed E-state index contributed by atoms with van der Waals surface area (Å²) in [6, 6.07) is 17.1. The fourth-order valence-corrected chi connectivity index (χ4v) is 4.24. The summed E-state index contributed by atoms with van der Waals surface area (Å²) in [6.07, 6.45) is 2.15. The number of aliphatic hydroxyl groups excluding tert-OH is 1. The normalized spacial score (nSPS) is 12.7. The molecule has 0 fully saturated rings. The van der Waals surface area contributed by atoms with Crippen LogP contribution in [0.3, 0.4) is 0 Å². The first-order valence-electron chi connectivity index (χ1n) is 11.1. The zero-order valence-corrected chi connectivity index (χ0v) is 20.2. The lowest BCUT2D eigenvalue weighted by Gasteiger charge is -2.31. The van der Waals surface area contributed by atoms with E-state index in [0.717, 1.165) is 15.7 Å². The standard InChI is InChI=1S/C26H29N3O5S/c1-35-13-12-23(25(33)28-20-9-8-18-4-2-3-5-19(18)15-20)29(24(32)16-30)26(34)22(27)14-17-6-10-21(31)11-7-17/h2-11,15,22-23,30-31H,12-14,16,27H2,1H3,(H,28,33)/t22-,23-/m0/s1. The molecule has 3 amide bonds. The molecular formula is C26H29N3O5S. The summed E-state index contributed by atoms with van der Waals surface area (Å²) in [7, 11) is 0. The van der Waals surface area contributed by atoms with E-state index in [-0.39, 0.29) is 18.6 Å². The van der Waals surface area contributed by atoms with Crippen molar-refractivity contribution >= 4 is 45.9 Å². The number of nitrogens with one attached hydrogen (secondary N) is 1. The SMILES string of the molecule is CSCC[C@@H](C(=O)Nc1ccc2ccccc2c1)N(C(=O)CO)C(=O)[C@@H](N)Cc1ccc(O)cc1. The molecule has 0 aliphatic heterocycles. The van der Waals surface area contributed by atoms with Gasteiger partial charge in [-0.05, 0) is 65.5 Å². The number of nitrogens with zero attached hydrogens (tertiary/aromatic N) is 1. The lowest BCUT2D eigenvalue weighted by Crippen LogP contribution is -2.56. The number of aliphatic hydroxyl groups is 1. The van der Waals surface area contributed by atoms with Crippen LogP contribution in [0.25, 0.3) is 10.8 Å². The third-order valence-electron chi connectivity index (χ3n) is 5.58. The number of hydrogen-bond acceptors (Lipinski definition) is 7. The van der Waals surface area contributed by atoms with E-state index in [1.165, 1.54) is 23.9 Å². The molecule has 0 aliphatic rings. The highest BCUT2D eigenvalue weighted by atomic mass is 32.2. The molecule has 0 saturated carbocycles. The number of fused-ring (bicyclic) bond motifs is 1. The van der Waals surface area contributed by atoms with Gasteiger partial charge in [0.2, 0.25) is 11.8 Å². The number of carbonyl (C=O) groups excluding carboxylic acids is 3. The maximum atomic E-state index is 13.3. The zero-order valence-electron chi connectivity index (χ0n) is 19.4. The maximum Gasteiger partial charge on any atom is 0.255 e. The van der Waals surface area contributed by atoms with E-state index < -0.39 is 36.4 Å². The van der Waals surface area contributed by atoms with E-state index >= 15 is 0 Å². The van der Waals surface area contributed by atoms with Gasteiger partial charge in [-0.2, -0.15) is 11.8 Å². The minimum Gasteiger partial charge on any atom is -0.508 e. The lowest BCUT2D eigenvalue weighted by molar-refractivity contribution is -0.153. The van der Waals surface area contributed by atoms with Crippen LogP contribution in [-0.2, 0) is 20.8 Å². The Bertz CT molecular complexity index is 1190. The largest absolute Gasteiger partial charge is 0.508 e. The maximum absolute atomic E-state index is 13.3. The Labute approximate surface area is 208 Å². The molecule has 0 heterocycles. The molecule has 0 spiro atoms. The van der Waals surface area contributed by atoms with Crippen molar-refractivity contribution in [1.82, 2.24) is 4.90 Å². The number of phenols is 1. The van der Waals surface area contributed by atoms with Crippen molar-refractivity contribution in [2.24, 2.45) is 5.73 Å². The van der Waals surface area contributed by atoms with Crippen molar-refractivity contribution in [2.75, 3.05) is 23.9 Å². The molecular weight excluding hydrogens is 466 g/mol. The first-order chi connectivity index (χ1) is 16.8. The van der Waals surface area contributed by atoms with Gasteiger partial charge in [-0.1, -0.05) is 42.5 Å². The fourth-order valence-electron chi connectivity index (χ4n) is 3.78. The third-order valence-corrected chi connectivity index (χ3v) is 6.22. The van der Waals surface area contributed by atoms with Gasteiger partial charge in [0.25, 0.3) is 5.91 Å². The summed E-state index contributed by atoms with van der Waals surface area (Å²) in [4.78, 5) is 40.1. The van der Waals surface area contributed by atoms with E-state index in [1.54, 1.807) is 18.2 Å². The molecule has 0 aromatic heterocycles. The number of phenolic OH excluding ortho intramolecular Hbond substituents is 1. The van der Waals surface area contributed by atoms with Crippen LogP contribution in [-0.4, -0.2) is 63.5 Å². The average molecular weight is 496 g/mol. The predicted molar refractivity (Wildman–Crippen MR) is 138 cm³/mol. The van der Waals surface area contributed by atoms with Gasteiger partial charge >= 0.3 is 0 Å². The van der Waals surface area contributed by atoms with E-state index in [0.29, 0.717) is 17.0 Å². The molecule has 3 aromatic rings. The van der Waals surface area contributed by atoms with Crippen molar-refractivity contribution in [3.05, 3.63) is 72.3 Å². The van der Waals surface area contributed by atoms with Gasteiger partial charge in [-0.25, -0.2) is 0 Å². The van der Waals surface area contributed by atoms with Crippen LogP contribution in [0, 0.1) is 0 Å². The second-order valence-corrected chi connectivity index (χ2v) is 9.07. The summed E-state index contributed by atoms with van der Waals surface area (Å²) < 4.78 is 0. The van der Waals surface area contributed by atoms with Crippen molar-refractivity contribution < 1.29 is 24.6 Å². The van der Waals surface area contributed by atoms with Crippen LogP contribution in [0.5, 0.6) is 5.75 Å². The Morgan fingerprint density at radius 1 is 1.03 bits per heavy atom. The van der Waals surface area contributed by atoms with Gasteiger partial charge in [0, 0.05) is 5.69 Å². The molecule has 0 saturated heterocycles. The Hall–Kier alpha value is -3.40. The smallest absolute Gasteiger partial charge is 0.255 e. The highest BCUT2D eigenvalue weighted by molar-refractivity contribution is 7.98. The van der Waals surface area contributed by atoms with Crippen LogP contribution in [0.2, 0.25) is 0 Å². The number of nitrogens with two attached hydrogens (primary N) is 1. The Balaban J connectivity index is 1.85. The molecule has 9 heteroatoms. The summed E-state index contributed by atoms with van der Waals surface area (Å²) >= 11 is 1.47. The second-order valence-electron chi connectivity index (χ2n) is 8.09. The second kappa shape index (κ2) is 12.3. The molecule has 0 bridgehead atoms. The topological polar surface area (TPSA) is 133 Å². The van der Waals surface area contributed by atoms with Gasteiger partial charge < -0.3 is 21.3 Å². The molecule has 3 aromatic carbocycles. The molecule has 3 rings (SSSR count). The zero-order chi connectivity index (χ0) is 25.4. The summed E-state index contributed by atoms with van der Waals surface area (Å²) in [6.45, 7) is -0.934. The monoisotopic (exact) mass is 495 g/mol. The molecule has 0 unspecified atom stereocenters. The third kappa shape index (κ3) is 6.82. The number of hydrogen-bond donors (Lipinski definition) is 4. The van der Waals surface area contributed by atoms with Gasteiger partial charge in [0.15, 0.2) is 0 Å². The molecule has 184 valence electrons. The van der Waals surface area contributed by atoms with Crippen LogP contribution < -0.4 is 11.1 Å². The Kier molecular flexibility index (Phi) is 9.25. The average Bonchev–Trinajstić information content (AvgIpc) is 2.87. The first kappa shape index (κ1) is 26.2. The van der Waals surface area contributed by atoms with Crippen LogP contribution in [0.1, 0.15) is 12.0 Å². The minimum absolute atomic E-state index is 0.0771. The quantitative estimate of drug-likeness (QED) is 0.340. The van der Waals surface area contributed by atoms with Gasteiger partial charge in [0.05, 0.1) is 6.04 Å². The highest BCUT2D eigenvalue weighted by Crippen LogP contribution is 2.21. The van der Waals surface area contributed by atoms with Crippen molar-refractivity contribution in [3.63, 3.8) is 0 Å². The fraction of sp³-hybridized carbons (Fsp3) is 0.269. The number of anilines is 1. The number of thioether (sulfide) groups is 1. The number of amides is 3. The van der Waals surface area contributed by atoms with E-state index in [4.69, 9.17) is 5.73 Å².